The molecule has 2 heterocycles. The standard InChI is InChI=1S/C22H32ClN5OS/c1-3-5-14-27-21(17-8-10-18(23)11-9-17)25-28(22(27)30)15-12-20(29)24-16-19-7-6-13-26(19)4-2/h8-11,19H,3-7,12-16H2,1-2H3,(H,24,29). The number of nitrogens with zero attached hydrogens (tertiary/aromatic N) is 4. The molecule has 1 atom stereocenters. The van der Waals surface area contributed by atoms with Crippen LogP contribution in [0.3, 0.4) is 0 Å². The predicted molar refractivity (Wildman–Crippen MR) is 124 cm³/mol. The molecule has 2 aromatic rings. The number of benzene rings is 1. The minimum absolute atomic E-state index is 0.0519. The van der Waals surface area contributed by atoms with Gasteiger partial charge in [0.25, 0.3) is 0 Å². The van der Waals surface area contributed by atoms with Crippen LogP contribution in [0.2, 0.25) is 5.02 Å². The lowest BCUT2D eigenvalue weighted by Gasteiger charge is -2.22. The lowest BCUT2D eigenvalue weighted by Crippen LogP contribution is -2.40. The van der Waals surface area contributed by atoms with E-state index in [2.05, 4.69) is 28.6 Å². The van der Waals surface area contributed by atoms with Crippen molar-refractivity contribution >= 4 is 29.7 Å². The molecule has 1 fully saturated rings. The summed E-state index contributed by atoms with van der Waals surface area (Å²) in [6.45, 7) is 8.52. The van der Waals surface area contributed by atoms with Crippen LogP contribution < -0.4 is 5.32 Å². The van der Waals surface area contributed by atoms with Crippen LogP contribution in [0, 0.1) is 4.77 Å². The molecule has 6 nitrogen and oxygen atoms in total. The molecule has 164 valence electrons. The number of halogens is 1. The number of hydrogen-bond acceptors (Lipinski definition) is 4. The number of amides is 1. The van der Waals surface area contributed by atoms with Crippen molar-refractivity contribution in [3.8, 4) is 11.4 Å². The number of aryl methyl sites for hydroxylation is 1. The van der Waals surface area contributed by atoms with Gasteiger partial charge in [0.2, 0.25) is 5.91 Å². The molecule has 30 heavy (non-hydrogen) atoms. The Labute approximate surface area is 189 Å². The Morgan fingerprint density at radius 2 is 2.03 bits per heavy atom. The largest absolute Gasteiger partial charge is 0.354 e. The molecule has 1 unspecified atom stereocenters. The topological polar surface area (TPSA) is 55.1 Å². The average Bonchev–Trinajstić information content (AvgIpc) is 3.33. The fraction of sp³-hybridized carbons (Fsp3) is 0.591. The van der Waals surface area contributed by atoms with E-state index in [1.807, 2.05) is 24.3 Å². The molecule has 1 aliphatic rings. The third kappa shape index (κ3) is 5.71. The van der Waals surface area contributed by atoms with Gasteiger partial charge in [-0.25, -0.2) is 4.68 Å². The number of rotatable bonds is 10. The van der Waals surface area contributed by atoms with Crippen LogP contribution in [0.5, 0.6) is 0 Å². The van der Waals surface area contributed by atoms with Gasteiger partial charge in [-0.3, -0.25) is 14.3 Å². The van der Waals surface area contributed by atoms with Gasteiger partial charge in [0.15, 0.2) is 10.6 Å². The normalized spacial score (nSPS) is 16.8. The van der Waals surface area contributed by atoms with Crippen LogP contribution in [0.1, 0.15) is 46.0 Å². The summed E-state index contributed by atoms with van der Waals surface area (Å²) in [7, 11) is 0. The summed E-state index contributed by atoms with van der Waals surface area (Å²) < 4.78 is 4.51. The minimum atomic E-state index is 0.0519. The zero-order valence-corrected chi connectivity index (χ0v) is 19.5. The third-order valence-electron chi connectivity index (χ3n) is 5.75. The maximum Gasteiger partial charge on any atom is 0.221 e. The summed E-state index contributed by atoms with van der Waals surface area (Å²) in [6.07, 6.45) is 4.84. The highest BCUT2D eigenvalue weighted by Crippen LogP contribution is 2.22. The summed E-state index contributed by atoms with van der Waals surface area (Å²) in [5, 5.41) is 8.53. The van der Waals surface area contributed by atoms with Crippen molar-refractivity contribution in [3.05, 3.63) is 34.1 Å². The summed E-state index contributed by atoms with van der Waals surface area (Å²) in [6, 6.07) is 8.10. The SMILES string of the molecule is CCCCn1c(-c2ccc(Cl)cc2)nn(CCC(=O)NCC2CCCN2CC)c1=S. The van der Waals surface area contributed by atoms with Crippen molar-refractivity contribution in [1.82, 2.24) is 24.6 Å². The summed E-state index contributed by atoms with van der Waals surface area (Å²) in [5.74, 6) is 0.881. The third-order valence-corrected chi connectivity index (χ3v) is 6.43. The fourth-order valence-electron chi connectivity index (χ4n) is 3.99. The first kappa shape index (κ1) is 23.0. The van der Waals surface area contributed by atoms with Crippen LogP contribution >= 0.6 is 23.8 Å². The van der Waals surface area contributed by atoms with Crippen molar-refractivity contribution in [2.24, 2.45) is 0 Å². The van der Waals surface area contributed by atoms with Gasteiger partial charge in [-0.05, 0) is 68.8 Å². The quantitative estimate of drug-likeness (QED) is 0.541. The van der Waals surface area contributed by atoms with E-state index >= 15 is 0 Å². The molecular formula is C22H32ClN5OS. The van der Waals surface area contributed by atoms with E-state index in [1.54, 1.807) is 4.68 Å². The lowest BCUT2D eigenvalue weighted by molar-refractivity contribution is -0.121. The first-order chi connectivity index (χ1) is 14.5. The molecule has 1 aliphatic heterocycles. The highest BCUT2D eigenvalue weighted by Gasteiger charge is 2.23. The maximum absolute atomic E-state index is 12.4. The van der Waals surface area contributed by atoms with Crippen LogP contribution in [0.25, 0.3) is 11.4 Å². The predicted octanol–water partition coefficient (Wildman–Crippen LogP) is 4.53. The molecule has 0 saturated carbocycles. The first-order valence-electron chi connectivity index (χ1n) is 11.0. The second-order valence-electron chi connectivity index (χ2n) is 7.82. The molecule has 3 rings (SSSR count). The molecule has 0 spiro atoms. The zero-order valence-electron chi connectivity index (χ0n) is 17.9. The van der Waals surface area contributed by atoms with E-state index in [4.69, 9.17) is 28.9 Å². The molecule has 1 amide bonds. The van der Waals surface area contributed by atoms with E-state index < -0.39 is 0 Å². The minimum Gasteiger partial charge on any atom is -0.354 e. The summed E-state index contributed by atoms with van der Waals surface area (Å²) in [5.41, 5.74) is 0.977. The van der Waals surface area contributed by atoms with Gasteiger partial charge in [0, 0.05) is 36.1 Å². The highest BCUT2D eigenvalue weighted by atomic mass is 35.5. The number of unbranched alkanes of at least 4 members (excludes halogenated alkanes) is 1. The Hall–Kier alpha value is -1.70. The molecule has 0 bridgehead atoms. The number of aromatic nitrogens is 3. The van der Waals surface area contributed by atoms with Crippen molar-refractivity contribution in [1.29, 1.82) is 0 Å². The van der Waals surface area contributed by atoms with Crippen LogP contribution in [0.15, 0.2) is 24.3 Å². The van der Waals surface area contributed by atoms with Crippen molar-refractivity contribution in [3.63, 3.8) is 0 Å². The second kappa shape index (κ2) is 11.1. The fourth-order valence-corrected chi connectivity index (χ4v) is 4.42. The van der Waals surface area contributed by atoms with E-state index in [1.165, 1.54) is 6.42 Å². The summed E-state index contributed by atoms with van der Waals surface area (Å²) >= 11 is 11.7. The van der Waals surface area contributed by atoms with Crippen LogP contribution in [0.4, 0.5) is 0 Å². The Bertz CT molecular complexity index is 892. The van der Waals surface area contributed by atoms with E-state index in [0.29, 0.717) is 28.8 Å². The molecule has 1 aromatic heterocycles. The van der Waals surface area contributed by atoms with E-state index in [0.717, 1.165) is 56.8 Å². The average molecular weight is 450 g/mol. The zero-order chi connectivity index (χ0) is 21.5. The van der Waals surface area contributed by atoms with Crippen molar-refractivity contribution in [2.45, 2.75) is 65.1 Å². The van der Waals surface area contributed by atoms with E-state index in [9.17, 15) is 4.79 Å². The number of carbonyl (C=O) groups is 1. The van der Waals surface area contributed by atoms with Gasteiger partial charge in [-0.1, -0.05) is 31.9 Å². The molecule has 1 aromatic carbocycles. The van der Waals surface area contributed by atoms with Crippen molar-refractivity contribution in [2.75, 3.05) is 19.6 Å². The molecule has 1 N–H and O–H groups in total. The number of carbonyl (C=O) groups excluding carboxylic acids is 1. The lowest BCUT2D eigenvalue weighted by atomic mass is 10.2. The van der Waals surface area contributed by atoms with Gasteiger partial charge in [0.05, 0.1) is 6.54 Å². The highest BCUT2D eigenvalue weighted by molar-refractivity contribution is 7.71. The van der Waals surface area contributed by atoms with Crippen LogP contribution in [-0.2, 0) is 17.9 Å². The second-order valence-corrected chi connectivity index (χ2v) is 8.62. The Kier molecular flexibility index (Phi) is 8.48. The first-order valence-corrected chi connectivity index (χ1v) is 11.8. The monoisotopic (exact) mass is 449 g/mol. The summed E-state index contributed by atoms with van der Waals surface area (Å²) in [4.78, 5) is 14.9. The van der Waals surface area contributed by atoms with Gasteiger partial charge in [-0.15, -0.1) is 0 Å². The number of likely N-dealkylation sites (N-methyl/N-ethyl adjacent to an activating group) is 1. The Morgan fingerprint density at radius 3 is 2.73 bits per heavy atom. The molecule has 1 saturated heterocycles. The molecule has 0 radical (unpaired) electrons. The molecular weight excluding hydrogens is 418 g/mol. The Balaban J connectivity index is 1.65. The Morgan fingerprint density at radius 1 is 1.27 bits per heavy atom. The smallest absolute Gasteiger partial charge is 0.221 e. The van der Waals surface area contributed by atoms with Gasteiger partial charge in [-0.2, -0.15) is 5.10 Å². The van der Waals surface area contributed by atoms with Crippen molar-refractivity contribution < 1.29 is 4.79 Å². The van der Waals surface area contributed by atoms with Gasteiger partial charge < -0.3 is 5.32 Å². The molecule has 8 heteroatoms. The molecule has 0 aliphatic carbocycles. The van der Waals surface area contributed by atoms with Gasteiger partial charge >= 0.3 is 0 Å². The van der Waals surface area contributed by atoms with E-state index in [-0.39, 0.29) is 5.91 Å². The van der Waals surface area contributed by atoms with Crippen LogP contribution in [-0.4, -0.2) is 50.8 Å². The number of hydrogen-bond donors (Lipinski definition) is 1. The maximum atomic E-state index is 12.4. The number of nitrogens with one attached hydrogen (secondary N) is 1. The number of likely N-dealkylation sites (tertiary alicyclic amines) is 1. The van der Waals surface area contributed by atoms with Gasteiger partial charge in [0.1, 0.15) is 0 Å².